The molecular weight excluding hydrogens is 252 g/mol. The number of hydrogen-bond acceptors (Lipinski definition) is 3. The molecule has 1 aromatic heterocycles. The summed E-state index contributed by atoms with van der Waals surface area (Å²) >= 11 is 1.88. The Bertz CT molecular complexity index is 367. The highest BCUT2D eigenvalue weighted by atomic mass is 32.1. The van der Waals surface area contributed by atoms with Crippen LogP contribution in [0.2, 0.25) is 0 Å². The summed E-state index contributed by atoms with van der Waals surface area (Å²) in [5.41, 5.74) is 7.98. The van der Waals surface area contributed by atoms with Crippen molar-refractivity contribution >= 4 is 11.3 Å². The third kappa shape index (κ3) is 4.04. The lowest BCUT2D eigenvalue weighted by Gasteiger charge is -2.36. The van der Waals surface area contributed by atoms with Crippen LogP contribution in [0.4, 0.5) is 0 Å². The summed E-state index contributed by atoms with van der Waals surface area (Å²) in [6.07, 6.45) is 9.23. The molecule has 0 spiro atoms. The Balaban J connectivity index is 1.73. The average Bonchev–Trinajstić information content (AvgIpc) is 2.92. The summed E-state index contributed by atoms with van der Waals surface area (Å²) in [6, 6.07) is 2.25. The van der Waals surface area contributed by atoms with E-state index in [1.807, 2.05) is 11.3 Å². The zero-order valence-electron chi connectivity index (χ0n) is 12.2. The van der Waals surface area contributed by atoms with E-state index >= 15 is 0 Å². The molecule has 108 valence electrons. The van der Waals surface area contributed by atoms with Crippen molar-refractivity contribution in [3.63, 3.8) is 0 Å². The predicted octanol–water partition coefficient (Wildman–Crippen LogP) is 3.70. The molecule has 1 fully saturated rings. The molecular formula is C16H28N2S. The van der Waals surface area contributed by atoms with Gasteiger partial charge in [0, 0.05) is 11.4 Å². The van der Waals surface area contributed by atoms with Crippen LogP contribution in [0.25, 0.3) is 0 Å². The molecule has 1 aliphatic carbocycles. The van der Waals surface area contributed by atoms with E-state index in [9.17, 15) is 0 Å². The fourth-order valence-electron chi connectivity index (χ4n) is 3.25. The minimum absolute atomic E-state index is 0.439. The fourth-order valence-corrected chi connectivity index (χ4v) is 4.20. The van der Waals surface area contributed by atoms with E-state index in [2.05, 4.69) is 23.7 Å². The average molecular weight is 280 g/mol. The van der Waals surface area contributed by atoms with Gasteiger partial charge in [0.05, 0.1) is 0 Å². The predicted molar refractivity (Wildman–Crippen MR) is 84.6 cm³/mol. The van der Waals surface area contributed by atoms with Crippen LogP contribution in [0.5, 0.6) is 0 Å². The number of hydrogen-bond donors (Lipinski definition) is 2. The molecule has 1 aromatic rings. The molecule has 0 amide bonds. The van der Waals surface area contributed by atoms with Crippen molar-refractivity contribution in [2.75, 3.05) is 13.1 Å². The Labute approximate surface area is 121 Å². The first-order valence-corrected chi connectivity index (χ1v) is 8.64. The van der Waals surface area contributed by atoms with Crippen molar-refractivity contribution in [2.24, 2.45) is 11.1 Å². The number of thiophene rings is 1. The maximum Gasteiger partial charge on any atom is 0.0302 e. The largest absolute Gasteiger partial charge is 0.330 e. The lowest BCUT2D eigenvalue weighted by Crippen LogP contribution is -2.35. The van der Waals surface area contributed by atoms with Gasteiger partial charge in [0.15, 0.2) is 0 Å². The smallest absolute Gasteiger partial charge is 0.0302 e. The molecule has 0 atom stereocenters. The normalized spacial score (nSPS) is 18.6. The van der Waals surface area contributed by atoms with Gasteiger partial charge in [0.1, 0.15) is 0 Å². The molecule has 0 aliphatic heterocycles. The molecule has 0 radical (unpaired) electrons. The lowest BCUT2D eigenvalue weighted by molar-refractivity contribution is 0.181. The van der Waals surface area contributed by atoms with Crippen LogP contribution in [0.15, 0.2) is 11.4 Å². The van der Waals surface area contributed by atoms with Crippen LogP contribution >= 0.6 is 11.3 Å². The molecule has 0 saturated heterocycles. The van der Waals surface area contributed by atoms with Crippen LogP contribution in [-0.2, 0) is 13.0 Å². The Morgan fingerprint density at radius 2 is 2.11 bits per heavy atom. The minimum Gasteiger partial charge on any atom is -0.330 e. The van der Waals surface area contributed by atoms with Gasteiger partial charge in [-0.15, -0.1) is 11.3 Å². The Hall–Kier alpha value is -0.380. The molecule has 0 bridgehead atoms. The van der Waals surface area contributed by atoms with Gasteiger partial charge in [0.2, 0.25) is 0 Å². The van der Waals surface area contributed by atoms with Gasteiger partial charge in [-0.25, -0.2) is 0 Å². The van der Waals surface area contributed by atoms with Crippen LogP contribution in [0.3, 0.4) is 0 Å². The molecule has 0 unspecified atom stereocenters. The topological polar surface area (TPSA) is 38.0 Å². The molecule has 0 aromatic carbocycles. The van der Waals surface area contributed by atoms with Gasteiger partial charge in [-0.1, -0.05) is 26.2 Å². The standard InChI is InChI=1S/C16H28N2S/c1-2-14-6-11-19-15(14)12-18-10-9-16(13-17)7-4-3-5-8-16/h6,11,18H,2-5,7-10,12-13,17H2,1H3. The second kappa shape index (κ2) is 7.41. The number of rotatable bonds is 7. The lowest BCUT2D eigenvalue weighted by atomic mass is 9.72. The molecule has 3 N–H and O–H groups in total. The van der Waals surface area contributed by atoms with Crippen LogP contribution < -0.4 is 11.1 Å². The van der Waals surface area contributed by atoms with Crippen molar-refractivity contribution in [3.05, 3.63) is 21.9 Å². The van der Waals surface area contributed by atoms with E-state index in [1.54, 1.807) is 0 Å². The Morgan fingerprint density at radius 1 is 1.32 bits per heavy atom. The van der Waals surface area contributed by atoms with Crippen LogP contribution in [0.1, 0.15) is 55.9 Å². The second-order valence-corrected chi connectivity index (χ2v) is 6.91. The first-order chi connectivity index (χ1) is 9.29. The minimum atomic E-state index is 0.439. The zero-order valence-corrected chi connectivity index (χ0v) is 13.0. The van der Waals surface area contributed by atoms with E-state index in [4.69, 9.17) is 5.73 Å². The maximum atomic E-state index is 6.03. The molecule has 1 aliphatic rings. The van der Waals surface area contributed by atoms with E-state index in [-0.39, 0.29) is 0 Å². The van der Waals surface area contributed by atoms with Crippen molar-refractivity contribution < 1.29 is 0 Å². The first-order valence-electron chi connectivity index (χ1n) is 7.76. The van der Waals surface area contributed by atoms with E-state index in [0.29, 0.717) is 5.41 Å². The Morgan fingerprint density at radius 3 is 2.79 bits per heavy atom. The molecule has 1 heterocycles. The molecule has 3 heteroatoms. The second-order valence-electron chi connectivity index (χ2n) is 5.91. The maximum absolute atomic E-state index is 6.03. The van der Waals surface area contributed by atoms with Gasteiger partial charge < -0.3 is 11.1 Å². The SMILES string of the molecule is CCc1ccsc1CNCCC1(CN)CCCCC1. The molecule has 2 nitrogen and oxygen atoms in total. The zero-order chi connectivity index (χ0) is 13.6. The van der Waals surface area contributed by atoms with Crippen molar-refractivity contribution in [3.8, 4) is 0 Å². The van der Waals surface area contributed by atoms with Gasteiger partial charge in [-0.05, 0) is 61.2 Å². The van der Waals surface area contributed by atoms with Crippen molar-refractivity contribution in [1.82, 2.24) is 5.32 Å². The van der Waals surface area contributed by atoms with Crippen molar-refractivity contribution in [2.45, 2.75) is 58.4 Å². The summed E-state index contributed by atoms with van der Waals surface area (Å²) in [5, 5.41) is 5.83. The highest BCUT2D eigenvalue weighted by Crippen LogP contribution is 2.37. The monoisotopic (exact) mass is 280 g/mol. The van der Waals surface area contributed by atoms with Crippen LogP contribution in [0, 0.1) is 5.41 Å². The first kappa shape index (κ1) is 15.0. The van der Waals surface area contributed by atoms with E-state index in [1.165, 1.54) is 49.0 Å². The fraction of sp³-hybridized carbons (Fsp3) is 0.750. The molecule has 1 saturated carbocycles. The number of nitrogens with two attached hydrogens (primary N) is 1. The number of nitrogens with one attached hydrogen (secondary N) is 1. The van der Waals surface area contributed by atoms with Gasteiger partial charge in [0.25, 0.3) is 0 Å². The van der Waals surface area contributed by atoms with Gasteiger partial charge in [-0.3, -0.25) is 0 Å². The van der Waals surface area contributed by atoms with E-state index in [0.717, 1.165) is 26.1 Å². The van der Waals surface area contributed by atoms with Gasteiger partial charge in [-0.2, -0.15) is 0 Å². The third-order valence-electron chi connectivity index (χ3n) is 4.68. The van der Waals surface area contributed by atoms with Crippen molar-refractivity contribution in [1.29, 1.82) is 0 Å². The summed E-state index contributed by atoms with van der Waals surface area (Å²) < 4.78 is 0. The highest BCUT2D eigenvalue weighted by Gasteiger charge is 2.29. The molecule has 2 rings (SSSR count). The Kier molecular flexibility index (Phi) is 5.86. The summed E-state index contributed by atoms with van der Waals surface area (Å²) in [7, 11) is 0. The summed E-state index contributed by atoms with van der Waals surface area (Å²) in [4.78, 5) is 1.51. The molecule has 19 heavy (non-hydrogen) atoms. The summed E-state index contributed by atoms with van der Waals surface area (Å²) in [6.45, 7) is 5.24. The highest BCUT2D eigenvalue weighted by molar-refractivity contribution is 7.10. The van der Waals surface area contributed by atoms with Crippen LogP contribution in [-0.4, -0.2) is 13.1 Å². The third-order valence-corrected chi connectivity index (χ3v) is 5.65. The number of aryl methyl sites for hydroxylation is 1. The quantitative estimate of drug-likeness (QED) is 0.747. The van der Waals surface area contributed by atoms with E-state index < -0.39 is 0 Å². The van der Waals surface area contributed by atoms with Gasteiger partial charge >= 0.3 is 0 Å². The summed E-state index contributed by atoms with van der Waals surface area (Å²) in [5.74, 6) is 0.